The minimum absolute atomic E-state index is 0.698. The van der Waals surface area contributed by atoms with Crippen molar-refractivity contribution in [3.63, 3.8) is 0 Å². The number of benzene rings is 1. The number of hydrogen-bond acceptors (Lipinski definition) is 3. The van der Waals surface area contributed by atoms with Crippen LogP contribution < -0.4 is 10.4 Å². The van der Waals surface area contributed by atoms with E-state index in [9.17, 15) is 0 Å². The van der Waals surface area contributed by atoms with Crippen LogP contribution in [0.4, 0.5) is 0 Å². The highest BCUT2D eigenvalue weighted by molar-refractivity contribution is 8.00. The van der Waals surface area contributed by atoms with E-state index >= 15 is 0 Å². The summed E-state index contributed by atoms with van der Waals surface area (Å²) in [5.41, 5.74) is 0. The third kappa shape index (κ3) is 1.27. The molecule has 0 saturated carbocycles. The van der Waals surface area contributed by atoms with Gasteiger partial charge in [0.25, 0.3) is 0 Å². The average Bonchev–Trinajstić information content (AvgIpc) is 2.26. The van der Waals surface area contributed by atoms with E-state index in [0.29, 0.717) is 9.52 Å². The van der Waals surface area contributed by atoms with E-state index in [1.807, 2.05) is 6.20 Å². The lowest BCUT2D eigenvalue weighted by molar-refractivity contribution is 1.07. The molecule has 0 amide bonds. The molecular weight excluding hydrogens is 208 g/mol. The molecule has 0 unspecified atom stereocenters. The Balaban J connectivity index is 2.12. The summed E-state index contributed by atoms with van der Waals surface area (Å²) >= 11 is 1.74. The Morgan fingerprint density at radius 2 is 2.07 bits per heavy atom. The summed E-state index contributed by atoms with van der Waals surface area (Å²) in [6.07, 6.45) is 3.54. The van der Waals surface area contributed by atoms with Crippen molar-refractivity contribution in [2.45, 2.75) is 9.92 Å². The molecule has 0 spiro atoms. The molecule has 0 atom stereocenters. The lowest BCUT2D eigenvalue weighted by atomic mass is 10.4. The van der Waals surface area contributed by atoms with Crippen molar-refractivity contribution in [3.8, 4) is 0 Å². The van der Waals surface area contributed by atoms with Gasteiger partial charge in [0, 0.05) is 11.1 Å². The Morgan fingerprint density at radius 3 is 3.07 bits per heavy atom. The van der Waals surface area contributed by atoms with Crippen LogP contribution in [0.1, 0.15) is 0 Å². The van der Waals surface area contributed by atoms with Crippen molar-refractivity contribution in [3.05, 3.63) is 36.8 Å². The van der Waals surface area contributed by atoms with E-state index < -0.39 is 0 Å². The van der Waals surface area contributed by atoms with Crippen LogP contribution >= 0.6 is 11.8 Å². The third-order valence-corrected chi connectivity index (χ3v) is 4.84. The molecule has 0 aliphatic carbocycles. The van der Waals surface area contributed by atoms with Gasteiger partial charge in [-0.25, -0.2) is 9.97 Å². The maximum Gasteiger partial charge on any atom is 0.128 e. The quantitative estimate of drug-likeness (QED) is 0.405. The fraction of sp³-hybridized carbons (Fsp3) is 0. The number of hydrogen-bond donors (Lipinski definition) is 0. The van der Waals surface area contributed by atoms with Gasteiger partial charge in [-0.05, 0) is 16.4 Å². The van der Waals surface area contributed by atoms with Gasteiger partial charge in [-0.3, -0.25) is 0 Å². The lowest BCUT2D eigenvalue weighted by Crippen LogP contribution is -2.34. The van der Waals surface area contributed by atoms with Crippen molar-refractivity contribution in [1.82, 2.24) is 9.97 Å². The molecule has 1 aromatic carbocycles. The smallest absolute Gasteiger partial charge is 0.128 e. The molecule has 2 aromatic rings. The highest BCUT2D eigenvalue weighted by Crippen LogP contribution is 2.24. The lowest BCUT2D eigenvalue weighted by Gasteiger charge is -2.15. The van der Waals surface area contributed by atoms with Crippen LogP contribution in [0.15, 0.2) is 46.7 Å². The number of rotatable bonds is 0. The molecule has 0 N–H and O–H groups in total. The number of nitrogens with zero attached hydrogens (tertiary/aromatic N) is 2. The predicted molar refractivity (Wildman–Crippen MR) is 57.6 cm³/mol. The molecule has 1 aliphatic rings. The van der Waals surface area contributed by atoms with Crippen LogP contribution in [0, 0.1) is 0 Å². The molecular formula is C10H6N2SSi. The van der Waals surface area contributed by atoms with Crippen molar-refractivity contribution >= 4 is 31.7 Å². The van der Waals surface area contributed by atoms with Gasteiger partial charge in [0.15, 0.2) is 0 Å². The van der Waals surface area contributed by atoms with Gasteiger partial charge in [-0.15, -0.1) is 0 Å². The first-order chi connectivity index (χ1) is 6.93. The summed E-state index contributed by atoms with van der Waals surface area (Å²) in [6.45, 7) is 0. The first-order valence-corrected chi connectivity index (χ1v) is 6.09. The van der Waals surface area contributed by atoms with Crippen LogP contribution in [-0.2, 0) is 0 Å². The van der Waals surface area contributed by atoms with E-state index in [2.05, 4.69) is 34.2 Å². The van der Waals surface area contributed by atoms with Crippen LogP contribution in [0.2, 0.25) is 0 Å². The normalized spacial score (nSPS) is 13.1. The van der Waals surface area contributed by atoms with Crippen molar-refractivity contribution < 1.29 is 0 Å². The second-order valence-corrected chi connectivity index (χ2v) is 5.32. The minimum atomic E-state index is 0.698. The van der Waals surface area contributed by atoms with Crippen LogP contribution in [0.25, 0.3) is 0 Å². The van der Waals surface area contributed by atoms with Gasteiger partial charge < -0.3 is 0 Å². The molecule has 14 heavy (non-hydrogen) atoms. The van der Waals surface area contributed by atoms with E-state index in [-0.39, 0.29) is 0 Å². The van der Waals surface area contributed by atoms with Crippen LogP contribution in [0.5, 0.6) is 0 Å². The topological polar surface area (TPSA) is 25.8 Å². The molecule has 66 valence electrons. The molecule has 0 bridgehead atoms. The Bertz CT molecular complexity index is 400. The first kappa shape index (κ1) is 8.20. The molecule has 2 heterocycles. The Kier molecular flexibility index (Phi) is 1.88. The van der Waals surface area contributed by atoms with Crippen LogP contribution in [-0.4, -0.2) is 19.5 Å². The summed E-state index contributed by atoms with van der Waals surface area (Å²) in [5, 5.41) is 3.77. The van der Waals surface area contributed by atoms with E-state index in [4.69, 9.17) is 0 Å². The van der Waals surface area contributed by atoms with E-state index in [1.54, 1.807) is 18.1 Å². The maximum atomic E-state index is 4.28. The fourth-order valence-electron chi connectivity index (χ4n) is 1.39. The summed E-state index contributed by atoms with van der Waals surface area (Å²) in [7, 11) is 0.698. The fourth-order valence-corrected chi connectivity index (χ4v) is 3.79. The zero-order valence-corrected chi connectivity index (χ0v) is 9.08. The summed E-state index contributed by atoms with van der Waals surface area (Å²) in [5.74, 6) is 0. The van der Waals surface area contributed by atoms with Gasteiger partial charge in [0.2, 0.25) is 0 Å². The Labute approximate surface area is 88.6 Å². The van der Waals surface area contributed by atoms with Crippen molar-refractivity contribution in [1.29, 1.82) is 0 Å². The van der Waals surface area contributed by atoms with Gasteiger partial charge in [0.05, 0.1) is 0 Å². The van der Waals surface area contributed by atoms with Crippen molar-refractivity contribution in [2.24, 2.45) is 0 Å². The monoisotopic (exact) mass is 214 g/mol. The van der Waals surface area contributed by atoms with Gasteiger partial charge >= 0.3 is 0 Å². The third-order valence-electron chi connectivity index (χ3n) is 2.04. The Hall–Kier alpha value is -1.13. The largest absolute Gasteiger partial charge is 0.245 e. The zero-order valence-electron chi connectivity index (χ0n) is 7.27. The summed E-state index contributed by atoms with van der Waals surface area (Å²) < 4.78 is 0. The number of fused-ring (bicyclic) bond motifs is 2. The molecule has 4 heteroatoms. The molecule has 1 aromatic heterocycles. The molecule has 2 radical (unpaired) electrons. The number of aromatic nitrogens is 2. The SMILES string of the molecule is c1ccc2c(c1)[Si]c1cncnc1S2. The Morgan fingerprint density at radius 1 is 1.14 bits per heavy atom. The molecule has 1 aliphatic heterocycles. The maximum absolute atomic E-state index is 4.28. The summed E-state index contributed by atoms with van der Waals surface area (Å²) in [4.78, 5) is 9.66. The van der Waals surface area contributed by atoms with Crippen LogP contribution in [0.3, 0.4) is 0 Å². The van der Waals surface area contributed by atoms with E-state index in [1.165, 1.54) is 15.3 Å². The average molecular weight is 214 g/mol. The summed E-state index contributed by atoms with van der Waals surface area (Å²) in [6, 6.07) is 8.48. The first-order valence-electron chi connectivity index (χ1n) is 4.27. The highest BCUT2D eigenvalue weighted by Gasteiger charge is 2.16. The van der Waals surface area contributed by atoms with Gasteiger partial charge in [-0.2, -0.15) is 0 Å². The molecule has 0 saturated heterocycles. The molecule has 2 nitrogen and oxygen atoms in total. The van der Waals surface area contributed by atoms with Gasteiger partial charge in [0.1, 0.15) is 20.9 Å². The highest BCUT2D eigenvalue weighted by atomic mass is 32.2. The van der Waals surface area contributed by atoms with E-state index in [0.717, 1.165) is 5.03 Å². The van der Waals surface area contributed by atoms with Crippen molar-refractivity contribution in [2.75, 3.05) is 0 Å². The zero-order chi connectivity index (χ0) is 9.38. The standard InChI is InChI=1S/C10H6N2SSi/c1-2-4-8-7(3-1)13-10-9(14-8)5-11-6-12-10/h1-6H. The minimum Gasteiger partial charge on any atom is -0.245 e. The second-order valence-electron chi connectivity index (χ2n) is 2.96. The predicted octanol–water partition coefficient (Wildman–Crippen LogP) is 0.596. The van der Waals surface area contributed by atoms with Gasteiger partial charge in [-0.1, -0.05) is 30.0 Å². The second kappa shape index (κ2) is 3.22. The molecule has 0 fully saturated rings. The molecule has 3 rings (SSSR count).